The number of hydrogen-bond donors (Lipinski definition) is 2. The summed E-state index contributed by atoms with van der Waals surface area (Å²) in [6.07, 6.45) is 2.70. The monoisotopic (exact) mass is 298 g/mol. The summed E-state index contributed by atoms with van der Waals surface area (Å²) in [5.41, 5.74) is 2.23. The summed E-state index contributed by atoms with van der Waals surface area (Å²) in [6.45, 7) is 0. The maximum atomic E-state index is 11.5. The van der Waals surface area contributed by atoms with Gasteiger partial charge >= 0.3 is 6.09 Å². The van der Waals surface area contributed by atoms with E-state index in [-0.39, 0.29) is 0 Å². The molecule has 2 aromatic heterocycles. The molecule has 0 saturated carbocycles. The third kappa shape index (κ3) is 2.53. The summed E-state index contributed by atoms with van der Waals surface area (Å²) >= 11 is 0. The average molecular weight is 298 g/mol. The van der Waals surface area contributed by atoms with Crippen LogP contribution in [0.25, 0.3) is 11.0 Å². The van der Waals surface area contributed by atoms with Gasteiger partial charge in [0.15, 0.2) is 5.65 Å². The number of aromatic amines is 1. The fourth-order valence-electron chi connectivity index (χ4n) is 2.01. The Balaban J connectivity index is 1.82. The number of anilines is 3. The molecule has 1 aromatic carbocycles. The van der Waals surface area contributed by atoms with Gasteiger partial charge in [-0.05, 0) is 24.3 Å². The van der Waals surface area contributed by atoms with Crippen molar-refractivity contribution in [3.63, 3.8) is 0 Å². The van der Waals surface area contributed by atoms with Gasteiger partial charge in [0, 0.05) is 18.4 Å². The highest BCUT2D eigenvalue weighted by Crippen LogP contribution is 2.23. The minimum atomic E-state index is -0.420. The van der Waals surface area contributed by atoms with Crippen LogP contribution in [-0.2, 0) is 4.74 Å². The van der Waals surface area contributed by atoms with Crippen molar-refractivity contribution in [3.05, 3.63) is 36.8 Å². The first-order valence-corrected chi connectivity index (χ1v) is 6.52. The molecule has 0 spiro atoms. The van der Waals surface area contributed by atoms with Gasteiger partial charge in [0.1, 0.15) is 12.1 Å². The molecule has 8 nitrogen and oxygen atoms in total. The molecule has 22 heavy (non-hydrogen) atoms. The number of H-pyrrole nitrogens is 1. The third-order valence-corrected chi connectivity index (χ3v) is 3.21. The quantitative estimate of drug-likeness (QED) is 0.770. The first-order valence-electron chi connectivity index (χ1n) is 6.52. The van der Waals surface area contributed by atoms with Gasteiger partial charge in [-0.25, -0.2) is 14.8 Å². The Morgan fingerprint density at radius 3 is 2.77 bits per heavy atom. The molecule has 3 aromatic rings. The van der Waals surface area contributed by atoms with Gasteiger partial charge in [-0.15, -0.1) is 0 Å². The van der Waals surface area contributed by atoms with Crippen molar-refractivity contribution < 1.29 is 9.53 Å². The number of aromatic nitrogens is 4. The van der Waals surface area contributed by atoms with Crippen molar-refractivity contribution in [2.24, 2.45) is 0 Å². The Morgan fingerprint density at radius 1 is 1.27 bits per heavy atom. The van der Waals surface area contributed by atoms with Gasteiger partial charge in [-0.2, -0.15) is 5.10 Å². The van der Waals surface area contributed by atoms with E-state index in [9.17, 15) is 4.79 Å². The fraction of sp³-hybridized carbons (Fsp3) is 0.143. The Hall–Kier alpha value is -3.16. The number of amides is 1. The van der Waals surface area contributed by atoms with Gasteiger partial charge in [0.25, 0.3) is 0 Å². The fourth-order valence-corrected chi connectivity index (χ4v) is 2.01. The van der Waals surface area contributed by atoms with Crippen LogP contribution in [0.5, 0.6) is 0 Å². The van der Waals surface area contributed by atoms with E-state index in [1.807, 2.05) is 24.3 Å². The van der Waals surface area contributed by atoms with E-state index in [0.29, 0.717) is 11.5 Å². The van der Waals surface area contributed by atoms with E-state index in [2.05, 4.69) is 30.2 Å². The lowest BCUT2D eigenvalue weighted by atomic mass is 10.2. The molecule has 112 valence electrons. The average Bonchev–Trinajstić information content (AvgIpc) is 3.04. The van der Waals surface area contributed by atoms with Crippen LogP contribution < -0.4 is 10.2 Å². The lowest BCUT2D eigenvalue weighted by molar-refractivity contribution is 0.180. The number of carbonyl (C=O) groups excluding carboxylic acids is 1. The Bertz CT molecular complexity index is 798. The molecule has 0 aliphatic carbocycles. The summed E-state index contributed by atoms with van der Waals surface area (Å²) in [7, 11) is 2.99. The minimum absolute atomic E-state index is 0.420. The van der Waals surface area contributed by atoms with Crippen molar-refractivity contribution in [2.45, 2.75) is 0 Å². The standard InChI is InChI=1S/C14H14N6O2/c1-20(14(21)22-2)10-5-3-9(4-6-10)18-12-11-7-17-19-13(11)16-8-15-12/h3-8H,1-2H3,(H2,15,16,17,18,19). The number of nitrogens with one attached hydrogen (secondary N) is 2. The van der Waals surface area contributed by atoms with E-state index >= 15 is 0 Å². The smallest absolute Gasteiger partial charge is 0.413 e. The molecule has 0 aliphatic heterocycles. The summed E-state index contributed by atoms with van der Waals surface area (Å²) < 4.78 is 4.68. The maximum Gasteiger partial charge on any atom is 0.413 e. The van der Waals surface area contributed by atoms with E-state index in [1.54, 1.807) is 13.2 Å². The molecule has 0 fully saturated rings. The molecule has 0 bridgehead atoms. The van der Waals surface area contributed by atoms with Crippen LogP contribution in [0, 0.1) is 0 Å². The predicted octanol–water partition coefficient (Wildman–Crippen LogP) is 2.30. The highest BCUT2D eigenvalue weighted by Gasteiger charge is 2.10. The van der Waals surface area contributed by atoms with E-state index in [1.165, 1.54) is 18.3 Å². The van der Waals surface area contributed by atoms with Crippen molar-refractivity contribution in [3.8, 4) is 0 Å². The van der Waals surface area contributed by atoms with E-state index < -0.39 is 6.09 Å². The first kappa shape index (κ1) is 13.8. The number of carbonyl (C=O) groups is 1. The van der Waals surface area contributed by atoms with Gasteiger partial charge in [-0.3, -0.25) is 10.00 Å². The summed E-state index contributed by atoms with van der Waals surface area (Å²) in [5, 5.41) is 10.7. The lowest BCUT2D eigenvalue weighted by Gasteiger charge is -2.16. The maximum absolute atomic E-state index is 11.5. The molecule has 0 radical (unpaired) electrons. The number of methoxy groups -OCH3 is 1. The number of hydrogen-bond acceptors (Lipinski definition) is 6. The SMILES string of the molecule is COC(=O)N(C)c1ccc(Nc2ncnc3[nH]ncc23)cc1. The molecule has 0 atom stereocenters. The second-order valence-corrected chi connectivity index (χ2v) is 4.56. The Kier molecular flexibility index (Phi) is 3.57. The number of fused-ring (bicyclic) bond motifs is 1. The van der Waals surface area contributed by atoms with Crippen molar-refractivity contribution in [1.82, 2.24) is 20.2 Å². The normalized spacial score (nSPS) is 10.5. The second kappa shape index (κ2) is 5.68. The molecular weight excluding hydrogens is 284 g/mol. The number of benzene rings is 1. The van der Waals surface area contributed by atoms with Crippen LogP contribution in [0.2, 0.25) is 0 Å². The van der Waals surface area contributed by atoms with Crippen molar-refractivity contribution in [2.75, 3.05) is 24.4 Å². The van der Waals surface area contributed by atoms with Crippen molar-refractivity contribution >= 4 is 34.3 Å². The van der Waals surface area contributed by atoms with Crippen molar-refractivity contribution in [1.29, 1.82) is 0 Å². The summed E-state index contributed by atoms with van der Waals surface area (Å²) in [6, 6.07) is 7.33. The molecule has 3 rings (SSSR count). The molecular formula is C14H14N6O2. The number of ether oxygens (including phenoxy) is 1. The molecule has 0 saturated heterocycles. The van der Waals surface area contributed by atoms with Crippen LogP contribution >= 0.6 is 0 Å². The molecule has 2 heterocycles. The molecule has 0 unspecified atom stereocenters. The van der Waals surface area contributed by atoms with Crippen LogP contribution in [-0.4, -0.2) is 40.4 Å². The molecule has 2 N–H and O–H groups in total. The van der Waals surface area contributed by atoms with Crippen LogP contribution in [0.15, 0.2) is 36.8 Å². The van der Waals surface area contributed by atoms with E-state index in [0.717, 1.165) is 16.8 Å². The molecule has 8 heteroatoms. The molecule has 0 aliphatic rings. The summed E-state index contributed by atoms with van der Waals surface area (Å²) in [5.74, 6) is 0.660. The largest absolute Gasteiger partial charge is 0.452 e. The second-order valence-electron chi connectivity index (χ2n) is 4.56. The first-order chi connectivity index (χ1) is 10.7. The van der Waals surface area contributed by atoms with Crippen LogP contribution in [0.1, 0.15) is 0 Å². The molecule has 1 amide bonds. The predicted molar refractivity (Wildman–Crippen MR) is 82.2 cm³/mol. The zero-order valence-corrected chi connectivity index (χ0v) is 12.1. The minimum Gasteiger partial charge on any atom is -0.452 e. The number of nitrogens with zero attached hydrogens (tertiary/aromatic N) is 4. The summed E-state index contributed by atoms with van der Waals surface area (Å²) in [4.78, 5) is 21.2. The zero-order chi connectivity index (χ0) is 15.5. The van der Waals surface area contributed by atoms with Gasteiger partial charge < -0.3 is 10.1 Å². The zero-order valence-electron chi connectivity index (χ0n) is 12.1. The van der Waals surface area contributed by atoms with Crippen LogP contribution in [0.3, 0.4) is 0 Å². The Morgan fingerprint density at radius 2 is 2.05 bits per heavy atom. The van der Waals surface area contributed by atoms with Crippen LogP contribution in [0.4, 0.5) is 22.0 Å². The lowest BCUT2D eigenvalue weighted by Crippen LogP contribution is -2.25. The van der Waals surface area contributed by atoms with Gasteiger partial charge in [0.2, 0.25) is 0 Å². The topological polar surface area (TPSA) is 96.0 Å². The highest BCUT2D eigenvalue weighted by molar-refractivity contribution is 5.89. The number of rotatable bonds is 3. The van der Waals surface area contributed by atoms with Gasteiger partial charge in [-0.1, -0.05) is 0 Å². The van der Waals surface area contributed by atoms with E-state index in [4.69, 9.17) is 0 Å². The highest BCUT2D eigenvalue weighted by atomic mass is 16.5. The third-order valence-electron chi connectivity index (χ3n) is 3.21. The Labute approximate surface area is 126 Å². The van der Waals surface area contributed by atoms with Gasteiger partial charge in [0.05, 0.1) is 18.7 Å².